The molecule has 0 spiro atoms. The van der Waals surface area contributed by atoms with Gasteiger partial charge in [0, 0.05) is 53.2 Å². The van der Waals surface area contributed by atoms with Gasteiger partial charge in [-0.25, -0.2) is 4.79 Å². The van der Waals surface area contributed by atoms with Crippen LogP contribution >= 0.6 is 0 Å². The zero-order valence-electron chi connectivity index (χ0n) is 31.7. The van der Waals surface area contributed by atoms with Crippen LogP contribution < -0.4 is 21.3 Å². The molecule has 5 amide bonds. The average molecular weight is 754 g/mol. The Morgan fingerprint density at radius 3 is 1.96 bits per heavy atom. The van der Waals surface area contributed by atoms with E-state index in [0.717, 1.165) is 8.61 Å². The Balaban J connectivity index is 3.43. The highest BCUT2D eigenvalue weighted by atomic mass is 32.2. The van der Waals surface area contributed by atoms with Crippen LogP contribution in [0.4, 0.5) is 18.0 Å². The lowest BCUT2D eigenvalue weighted by Gasteiger charge is -2.38. The van der Waals surface area contributed by atoms with Gasteiger partial charge in [0.1, 0.15) is 12.1 Å². The fourth-order valence-corrected chi connectivity index (χ4v) is 6.55. The number of likely N-dealkylation sites (tertiary alicyclic amines) is 1. The highest BCUT2D eigenvalue weighted by Gasteiger charge is 2.48. The van der Waals surface area contributed by atoms with Crippen molar-refractivity contribution in [3.63, 3.8) is 0 Å². The summed E-state index contributed by atoms with van der Waals surface area (Å²) in [5, 5.41) is 10.1. The highest BCUT2D eigenvalue weighted by Crippen LogP contribution is 2.34. The lowest BCUT2D eigenvalue weighted by Crippen LogP contribution is -2.62. The van der Waals surface area contributed by atoms with Crippen LogP contribution in [-0.2, 0) is 29.4 Å². The van der Waals surface area contributed by atoms with Gasteiger partial charge in [0.25, 0.3) is 16.1 Å². The number of likely N-dealkylation sites (N-methyl/N-ethyl adjacent to an activating group) is 1. The lowest BCUT2D eigenvalue weighted by molar-refractivity contribution is -0.147. The fourth-order valence-electron chi connectivity index (χ4n) is 5.65. The van der Waals surface area contributed by atoms with Crippen LogP contribution in [0.2, 0.25) is 0 Å². The molecule has 51 heavy (non-hydrogen) atoms. The number of Topliss-reactive ketones (excluding diaryl/α,β-unsaturated/α-hetero) is 1. The minimum Gasteiger partial charge on any atom is -0.346 e. The van der Waals surface area contributed by atoms with E-state index in [2.05, 4.69) is 27.8 Å². The number of nitrogens with zero attached hydrogens (tertiary/aromatic N) is 3. The van der Waals surface area contributed by atoms with Crippen LogP contribution in [0.3, 0.4) is 0 Å². The molecule has 1 aliphatic heterocycles. The van der Waals surface area contributed by atoms with Gasteiger partial charge in [-0.1, -0.05) is 61.5 Å². The van der Waals surface area contributed by atoms with Gasteiger partial charge in [-0.15, -0.1) is 6.58 Å². The van der Waals surface area contributed by atoms with E-state index in [1.54, 1.807) is 20.8 Å². The molecule has 0 aromatic carbocycles. The van der Waals surface area contributed by atoms with Crippen LogP contribution in [0.15, 0.2) is 12.7 Å². The number of alkyl halides is 3. The Labute approximate surface area is 300 Å². The van der Waals surface area contributed by atoms with Crippen molar-refractivity contribution in [3.05, 3.63) is 12.7 Å². The van der Waals surface area contributed by atoms with Crippen molar-refractivity contribution >= 4 is 39.7 Å². The van der Waals surface area contributed by atoms with Crippen LogP contribution in [-0.4, -0.2) is 123 Å². The Morgan fingerprint density at radius 1 is 0.941 bits per heavy atom. The molecule has 1 fully saturated rings. The number of urea groups is 1. The van der Waals surface area contributed by atoms with Crippen molar-refractivity contribution in [1.29, 1.82) is 0 Å². The summed E-state index contributed by atoms with van der Waals surface area (Å²) in [5.41, 5.74) is -1.54. The molecule has 0 aromatic rings. The molecule has 1 rings (SSSR count). The molecule has 0 aliphatic carbocycles. The number of hydrogen-bond acceptors (Lipinski definition) is 7. The van der Waals surface area contributed by atoms with Gasteiger partial charge in [0.15, 0.2) is 0 Å². The predicted molar refractivity (Wildman–Crippen MR) is 187 cm³/mol. The topological polar surface area (TPSA) is 177 Å². The third-order valence-corrected chi connectivity index (χ3v) is 10.7. The molecule has 4 N–H and O–H groups in total. The summed E-state index contributed by atoms with van der Waals surface area (Å²) >= 11 is 0. The third kappa shape index (κ3) is 13.3. The van der Waals surface area contributed by atoms with Gasteiger partial charge in [-0.05, 0) is 35.5 Å². The summed E-state index contributed by atoms with van der Waals surface area (Å²) < 4.78 is 67.1. The molecular weight excluding hydrogens is 695 g/mol. The second-order valence-corrected chi connectivity index (χ2v) is 17.9. The zero-order chi connectivity index (χ0) is 39.9. The van der Waals surface area contributed by atoms with E-state index >= 15 is 0 Å². The molecule has 0 bridgehead atoms. The van der Waals surface area contributed by atoms with Crippen molar-refractivity contribution in [2.45, 2.75) is 105 Å². The molecule has 1 aliphatic rings. The molecule has 1 heterocycles. The van der Waals surface area contributed by atoms with Crippen LogP contribution in [0.1, 0.15) is 74.7 Å². The number of halogens is 3. The second kappa shape index (κ2) is 18.0. The predicted octanol–water partition coefficient (Wildman–Crippen LogP) is 2.42. The summed E-state index contributed by atoms with van der Waals surface area (Å²) in [4.78, 5) is 68.3. The number of ketones is 1. The first-order valence-corrected chi connectivity index (χ1v) is 18.3. The van der Waals surface area contributed by atoms with E-state index in [0.29, 0.717) is 6.42 Å². The first-order valence-electron chi connectivity index (χ1n) is 16.9. The van der Waals surface area contributed by atoms with Crippen LogP contribution in [0, 0.1) is 22.7 Å². The summed E-state index contributed by atoms with van der Waals surface area (Å²) in [6.45, 7) is 17.5. The Hall–Kier alpha value is -3.25. The fraction of sp³-hybridized carbons (Fsp3) is 0.788. The molecule has 0 saturated carbocycles. The summed E-state index contributed by atoms with van der Waals surface area (Å²) in [5.74, 6) is -4.63. The number of hydrogen-bond donors (Lipinski definition) is 4. The quantitative estimate of drug-likeness (QED) is 0.138. The standard InChI is InChI=1S/C33H58F3N7O7S/c1-13-17-37-28(46)25(44)22(14-16-33(34,35)36)38-27(45)24-21(20(2)3)15-18-43(24)29(47)26(32(7,8)9)40-30(48)39-23(31(4,5)6)19-42(12)51(49,50)41(10)11/h13,20-24,26H,1,14-19H2,2-12H3,(H,37,46)(H,38,45)(H2,39,40,48)/t21-,22?,23-,24+,26-/m1/s1. The van der Waals surface area contributed by atoms with E-state index in [-0.39, 0.29) is 25.6 Å². The van der Waals surface area contributed by atoms with Gasteiger partial charge in [-0.3, -0.25) is 19.2 Å². The molecule has 0 radical (unpaired) electrons. The van der Waals surface area contributed by atoms with Crippen molar-refractivity contribution in [3.8, 4) is 0 Å². The van der Waals surface area contributed by atoms with Crippen molar-refractivity contribution in [1.82, 2.24) is 34.8 Å². The van der Waals surface area contributed by atoms with E-state index in [1.807, 2.05) is 34.6 Å². The van der Waals surface area contributed by atoms with Crippen LogP contribution in [0.25, 0.3) is 0 Å². The second-order valence-electron chi connectivity index (χ2n) is 15.7. The molecular formula is C33H58F3N7O7S. The van der Waals surface area contributed by atoms with Crippen molar-refractivity contribution < 1.29 is 45.6 Å². The number of amides is 5. The number of nitrogens with one attached hydrogen (secondary N) is 4. The van der Waals surface area contributed by atoms with Gasteiger partial charge < -0.3 is 26.2 Å². The van der Waals surface area contributed by atoms with Crippen molar-refractivity contribution in [2.24, 2.45) is 22.7 Å². The smallest absolute Gasteiger partial charge is 0.346 e. The highest BCUT2D eigenvalue weighted by molar-refractivity contribution is 7.86. The minimum atomic E-state index is -4.68. The Kier molecular flexibility index (Phi) is 16.1. The zero-order valence-corrected chi connectivity index (χ0v) is 32.5. The lowest BCUT2D eigenvalue weighted by atomic mass is 9.84. The summed E-state index contributed by atoms with van der Waals surface area (Å²) in [7, 11) is 0.344. The normalized spacial score (nSPS) is 19.0. The molecule has 1 unspecified atom stereocenters. The summed E-state index contributed by atoms with van der Waals surface area (Å²) in [6, 6.07) is -5.73. The minimum absolute atomic E-state index is 0.0778. The molecule has 5 atom stereocenters. The van der Waals surface area contributed by atoms with Crippen molar-refractivity contribution in [2.75, 3.05) is 40.8 Å². The first kappa shape index (κ1) is 45.8. The average Bonchev–Trinajstić information content (AvgIpc) is 3.44. The van der Waals surface area contributed by atoms with E-state index in [1.165, 1.54) is 32.1 Å². The van der Waals surface area contributed by atoms with E-state index < -0.39 is 99.7 Å². The number of carbonyl (C=O) groups excluding carboxylic acids is 5. The van der Waals surface area contributed by atoms with Gasteiger partial charge in [0.05, 0.1) is 6.04 Å². The number of carbonyl (C=O) groups is 5. The van der Waals surface area contributed by atoms with Gasteiger partial charge >= 0.3 is 12.2 Å². The van der Waals surface area contributed by atoms with E-state index in [4.69, 9.17) is 0 Å². The molecule has 1 saturated heterocycles. The maximum Gasteiger partial charge on any atom is 0.389 e. The summed E-state index contributed by atoms with van der Waals surface area (Å²) in [6.07, 6.45) is -5.39. The largest absolute Gasteiger partial charge is 0.389 e. The molecule has 14 nitrogen and oxygen atoms in total. The number of rotatable bonds is 16. The monoisotopic (exact) mass is 753 g/mol. The van der Waals surface area contributed by atoms with Crippen LogP contribution in [0.5, 0.6) is 0 Å². The maximum atomic E-state index is 14.3. The van der Waals surface area contributed by atoms with Gasteiger partial charge in [0.2, 0.25) is 17.6 Å². The molecule has 294 valence electrons. The molecule has 18 heteroatoms. The Morgan fingerprint density at radius 2 is 1.51 bits per heavy atom. The SMILES string of the molecule is C=CCNC(=O)C(=O)C(CCC(F)(F)F)NC(=O)[C@@H]1[C@@H](C(C)C)CCN1C(=O)[C@@H](NC(=O)N[C@H](CN(C)S(=O)(=O)N(C)C)C(C)(C)C)C(C)(C)C. The Bertz CT molecular complexity index is 1380. The third-order valence-electron chi connectivity index (χ3n) is 8.87. The molecule has 0 aromatic heterocycles. The van der Waals surface area contributed by atoms with E-state index in [9.17, 15) is 45.6 Å². The maximum absolute atomic E-state index is 14.3. The first-order chi connectivity index (χ1) is 23.1. The van der Waals surface area contributed by atoms with Gasteiger partial charge in [-0.2, -0.15) is 30.2 Å².